The molecule has 1 heterocycles. The van der Waals surface area contributed by atoms with Crippen LogP contribution >= 0.6 is 28.1 Å². The summed E-state index contributed by atoms with van der Waals surface area (Å²) in [6, 6.07) is 8.64. The minimum absolute atomic E-state index is 0.352. The Morgan fingerprint density at radius 2 is 2.17 bits per heavy atom. The summed E-state index contributed by atoms with van der Waals surface area (Å²) in [5.41, 5.74) is 2.84. The van der Waals surface area contributed by atoms with Crippen molar-refractivity contribution in [3.63, 3.8) is 0 Å². The fraction of sp³-hybridized carbons (Fsp3) is 0.286. The Bertz CT molecular complexity index is 636. The highest BCUT2D eigenvalue weighted by Crippen LogP contribution is 2.34. The Morgan fingerprint density at radius 1 is 1.33 bits per heavy atom. The number of H-pyrrole nitrogens is 1. The van der Waals surface area contributed by atoms with Gasteiger partial charge in [-0.1, -0.05) is 36.5 Å². The first-order valence-corrected chi connectivity index (χ1v) is 7.28. The smallest absolute Gasteiger partial charge is 0.120 e. The van der Waals surface area contributed by atoms with Crippen LogP contribution in [0.4, 0.5) is 0 Å². The van der Waals surface area contributed by atoms with E-state index < -0.39 is 0 Å². The molecule has 1 aliphatic carbocycles. The van der Waals surface area contributed by atoms with Gasteiger partial charge in [-0.25, -0.2) is 4.98 Å². The molecule has 1 aromatic heterocycles. The molecule has 1 atom stereocenters. The van der Waals surface area contributed by atoms with Gasteiger partial charge in [0, 0.05) is 12.1 Å². The van der Waals surface area contributed by atoms with Crippen molar-refractivity contribution >= 4 is 28.1 Å². The standard InChI is InChI=1S/C14H13BrN2S/c15-12-8-16-13(17-14(12)18)11-7-3-5-9-4-1-2-6-10(9)11/h1-2,4,6,8,11H,3,5,7H2,(H,16,17,18). The molecule has 1 aromatic carbocycles. The largest absolute Gasteiger partial charge is 0.333 e. The van der Waals surface area contributed by atoms with Crippen LogP contribution < -0.4 is 0 Å². The molecule has 0 aliphatic heterocycles. The van der Waals surface area contributed by atoms with Gasteiger partial charge in [0.1, 0.15) is 10.5 Å². The molecule has 0 radical (unpaired) electrons. The van der Waals surface area contributed by atoms with Gasteiger partial charge in [0.2, 0.25) is 0 Å². The third-order valence-electron chi connectivity index (χ3n) is 3.47. The molecule has 1 aliphatic rings. The van der Waals surface area contributed by atoms with Crippen LogP contribution in [0.3, 0.4) is 0 Å². The highest BCUT2D eigenvalue weighted by molar-refractivity contribution is 9.10. The summed E-state index contributed by atoms with van der Waals surface area (Å²) in [6.45, 7) is 0. The summed E-state index contributed by atoms with van der Waals surface area (Å²) in [4.78, 5) is 7.74. The van der Waals surface area contributed by atoms with Crippen molar-refractivity contribution in [3.8, 4) is 0 Å². The molecule has 0 saturated carbocycles. The molecule has 2 aromatic rings. The van der Waals surface area contributed by atoms with Gasteiger partial charge in [0.15, 0.2) is 0 Å². The van der Waals surface area contributed by atoms with E-state index in [1.165, 1.54) is 24.0 Å². The number of halogens is 1. The van der Waals surface area contributed by atoms with Gasteiger partial charge in [0.25, 0.3) is 0 Å². The molecule has 1 unspecified atom stereocenters. The number of hydrogen-bond donors (Lipinski definition) is 1. The number of aromatic amines is 1. The van der Waals surface area contributed by atoms with Crippen molar-refractivity contribution in [2.45, 2.75) is 25.2 Å². The molecule has 92 valence electrons. The average molecular weight is 321 g/mol. The minimum atomic E-state index is 0.352. The van der Waals surface area contributed by atoms with Crippen molar-refractivity contribution in [3.05, 3.63) is 56.5 Å². The SMILES string of the molecule is S=c1[nH]c(C2CCCc3ccccc32)ncc1Br. The zero-order valence-electron chi connectivity index (χ0n) is 9.82. The maximum absolute atomic E-state index is 5.27. The van der Waals surface area contributed by atoms with Crippen molar-refractivity contribution < 1.29 is 0 Å². The number of aromatic nitrogens is 2. The quantitative estimate of drug-likeness (QED) is 0.790. The Balaban J connectivity index is 2.08. The van der Waals surface area contributed by atoms with Crippen LogP contribution in [0.5, 0.6) is 0 Å². The summed E-state index contributed by atoms with van der Waals surface area (Å²) >= 11 is 8.65. The average Bonchev–Trinajstić information content (AvgIpc) is 2.41. The van der Waals surface area contributed by atoms with Gasteiger partial charge in [-0.2, -0.15) is 0 Å². The monoisotopic (exact) mass is 320 g/mol. The fourth-order valence-electron chi connectivity index (χ4n) is 2.61. The number of aryl methyl sites for hydroxylation is 1. The van der Waals surface area contributed by atoms with E-state index in [0.717, 1.165) is 21.4 Å². The summed E-state index contributed by atoms with van der Waals surface area (Å²) in [6.07, 6.45) is 5.31. The predicted octanol–water partition coefficient (Wildman–Crippen LogP) is 4.37. The Morgan fingerprint density at radius 3 is 3.00 bits per heavy atom. The molecule has 0 saturated heterocycles. The van der Waals surface area contributed by atoms with Crippen molar-refractivity contribution in [1.29, 1.82) is 0 Å². The second-order valence-electron chi connectivity index (χ2n) is 4.59. The summed E-state index contributed by atoms with van der Waals surface area (Å²) in [7, 11) is 0. The fourth-order valence-corrected chi connectivity index (χ4v) is 2.97. The number of rotatable bonds is 1. The van der Waals surface area contributed by atoms with E-state index in [2.05, 4.69) is 50.2 Å². The highest BCUT2D eigenvalue weighted by Gasteiger charge is 2.22. The molecule has 1 N–H and O–H groups in total. The molecular weight excluding hydrogens is 308 g/mol. The summed E-state index contributed by atoms with van der Waals surface area (Å²) in [5.74, 6) is 1.33. The van der Waals surface area contributed by atoms with Crippen molar-refractivity contribution in [2.75, 3.05) is 0 Å². The Kier molecular flexibility index (Phi) is 3.31. The Labute approximate surface area is 120 Å². The van der Waals surface area contributed by atoms with Crippen LogP contribution in [0.2, 0.25) is 0 Å². The molecule has 3 rings (SSSR count). The first-order valence-electron chi connectivity index (χ1n) is 6.08. The first kappa shape index (κ1) is 12.1. The lowest BCUT2D eigenvalue weighted by atomic mass is 9.82. The van der Waals surface area contributed by atoms with Crippen LogP contribution in [0, 0.1) is 4.64 Å². The lowest BCUT2D eigenvalue weighted by Crippen LogP contribution is -2.13. The molecule has 18 heavy (non-hydrogen) atoms. The molecule has 2 nitrogen and oxygen atoms in total. The minimum Gasteiger partial charge on any atom is -0.333 e. The number of hydrogen-bond acceptors (Lipinski definition) is 2. The second-order valence-corrected chi connectivity index (χ2v) is 5.85. The van der Waals surface area contributed by atoms with Crippen LogP contribution in [-0.4, -0.2) is 9.97 Å². The maximum Gasteiger partial charge on any atom is 0.120 e. The van der Waals surface area contributed by atoms with E-state index in [-0.39, 0.29) is 0 Å². The van der Waals surface area contributed by atoms with E-state index in [4.69, 9.17) is 12.2 Å². The van der Waals surface area contributed by atoms with E-state index >= 15 is 0 Å². The molecule has 0 spiro atoms. The van der Waals surface area contributed by atoms with E-state index in [1.54, 1.807) is 6.20 Å². The number of fused-ring (bicyclic) bond motifs is 1. The number of nitrogens with zero attached hydrogens (tertiary/aromatic N) is 1. The van der Waals surface area contributed by atoms with Crippen LogP contribution in [-0.2, 0) is 6.42 Å². The molecule has 0 bridgehead atoms. The lowest BCUT2D eigenvalue weighted by Gasteiger charge is -2.24. The zero-order valence-corrected chi connectivity index (χ0v) is 12.2. The van der Waals surface area contributed by atoms with Crippen LogP contribution in [0.1, 0.15) is 35.7 Å². The van der Waals surface area contributed by atoms with E-state index in [0.29, 0.717) is 5.92 Å². The lowest BCUT2D eigenvalue weighted by molar-refractivity contribution is 0.589. The van der Waals surface area contributed by atoms with E-state index in [1.807, 2.05) is 0 Å². The van der Waals surface area contributed by atoms with Crippen LogP contribution in [0.25, 0.3) is 0 Å². The summed E-state index contributed by atoms with van der Waals surface area (Å²) in [5, 5.41) is 0. The third kappa shape index (κ3) is 2.15. The van der Waals surface area contributed by atoms with Gasteiger partial charge in [0.05, 0.1) is 4.47 Å². The Hall–Kier alpha value is -1.00. The van der Waals surface area contributed by atoms with Gasteiger partial charge < -0.3 is 4.98 Å². The maximum atomic E-state index is 5.27. The first-order chi connectivity index (χ1) is 8.75. The number of benzene rings is 1. The normalized spacial score (nSPS) is 18.4. The van der Waals surface area contributed by atoms with Crippen LogP contribution in [0.15, 0.2) is 34.9 Å². The van der Waals surface area contributed by atoms with Gasteiger partial charge in [-0.3, -0.25) is 0 Å². The van der Waals surface area contributed by atoms with Gasteiger partial charge in [-0.05, 0) is 46.3 Å². The molecular formula is C14H13BrN2S. The number of nitrogens with one attached hydrogen (secondary N) is 1. The topological polar surface area (TPSA) is 28.7 Å². The molecule has 0 amide bonds. The van der Waals surface area contributed by atoms with Gasteiger partial charge in [-0.15, -0.1) is 0 Å². The second kappa shape index (κ2) is 4.94. The van der Waals surface area contributed by atoms with Crippen molar-refractivity contribution in [1.82, 2.24) is 9.97 Å². The summed E-state index contributed by atoms with van der Waals surface area (Å²) < 4.78 is 1.58. The van der Waals surface area contributed by atoms with Gasteiger partial charge >= 0.3 is 0 Å². The van der Waals surface area contributed by atoms with Crippen molar-refractivity contribution in [2.24, 2.45) is 0 Å². The molecule has 0 fully saturated rings. The zero-order chi connectivity index (χ0) is 12.5. The predicted molar refractivity (Wildman–Crippen MR) is 78.3 cm³/mol. The third-order valence-corrected chi connectivity index (χ3v) is 4.66. The highest BCUT2D eigenvalue weighted by atomic mass is 79.9. The molecule has 4 heteroatoms. The van der Waals surface area contributed by atoms with E-state index in [9.17, 15) is 0 Å².